The van der Waals surface area contributed by atoms with E-state index in [4.69, 9.17) is 14.2 Å². The monoisotopic (exact) mass is 602 g/mol. The van der Waals surface area contributed by atoms with Crippen molar-refractivity contribution < 1.29 is 33.3 Å². The summed E-state index contributed by atoms with van der Waals surface area (Å²) in [6.07, 6.45) is 3.56. The van der Waals surface area contributed by atoms with E-state index in [0.717, 1.165) is 44.1 Å². The van der Waals surface area contributed by atoms with Crippen molar-refractivity contribution in [3.8, 4) is 23.0 Å². The Hall–Kier alpha value is -4.74. The summed E-state index contributed by atoms with van der Waals surface area (Å²) >= 11 is 0. The van der Waals surface area contributed by atoms with Crippen molar-refractivity contribution in [3.05, 3.63) is 84.3 Å². The maximum absolute atomic E-state index is 15.0. The summed E-state index contributed by atoms with van der Waals surface area (Å²) in [5.74, 6) is 0.509. The van der Waals surface area contributed by atoms with Gasteiger partial charge in [-0.2, -0.15) is 0 Å². The number of methoxy groups -OCH3 is 1. The van der Waals surface area contributed by atoms with E-state index in [1.807, 2.05) is 6.07 Å². The van der Waals surface area contributed by atoms with Gasteiger partial charge in [0.2, 0.25) is 5.91 Å². The van der Waals surface area contributed by atoms with Crippen molar-refractivity contribution in [2.45, 2.75) is 19.3 Å². The predicted octanol–water partition coefficient (Wildman–Crippen LogP) is 5.15. The average Bonchev–Trinajstić information content (AvgIpc) is 3.02. The minimum absolute atomic E-state index is 0.0404. The number of imide groups is 1. The van der Waals surface area contributed by atoms with Crippen molar-refractivity contribution in [2.75, 3.05) is 45.3 Å². The number of benzene rings is 3. The third-order valence-corrected chi connectivity index (χ3v) is 7.49. The molecule has 11 heteroatoms. The molecular weight excluding hydrogens is 567 g/mol. The number of aliphatic hydroxyl groups excluding tert-OH is 1. The lowest BCUT2D eigenvalue weighted by Crippen LogP contribution is -2.37. The topological polar surface area (TPSA) is 122 Å². The van der Waals surface area contributed by atoms with Gasteiger partial charge in [0.05, 0.1) is 19.0 Å². The molecule has 5 rings (SSSR count). The zero-order valence-electron chi connectivity index (χ0n) is 24.4. The van der Waals surface area contributed by atoms with Crippen LogP contribution in [0.25, 0.3) is 10.9 Å². The number of ether oxygens (including phenoxy) is 3. The number of amides is 3. The van der Waals surface area contributed by atoms with Gasteiger partial charge in [-0.3, -0.25) is 20.0 Å². The lowest BCUT2D eigenvalue weighted by atomic mass is 9.98. The molecule has 44 heavy (non-hydrogen) atoms. The van der Waals surface area contributed by atoms with Crippen LogP contribution in [0.2, 0.25) is 0 Å². The Morgan fingerprint density at radius 2 is 1.80 bits per heavy atom. The van der Waals surface area contributed by atoms with Crippen molar-refractivity contribution in [2.24, 2.45) is 5.92 Å². The standard InChI is InChI=1S/C33H35FN4O6/c1-42-30-19-25-27(20-31(30)43-16-15-38-13-10-23(21-39)11-14-38)35-12-9-28(25)44-29-8-7-24(18-26(29)34)36-33(41)37-32(40)17-22-5-3-2-4-6-22/h2-9,12,18-20,23,39H,10-11,13-17,21H2,1H3,(H2,36,37,40,41). The normalized spacial score (nSPS) is 13.8. The molecule has 2 heterocycles. The lowest BCUT2D eigenvalue weighted by molar-refractivity contribution is -0.119. The molecule has 10 nitrogen and oxygen atoms in total. The van der Waals surface area contributed by atoms with Crippen LogP contribution in [0.3, 0.4) is 0 Å². The van der Waals surface area contributed by atoms with Gasteiger partial charge in [-0.1, -0.05) is 30.3 Å². The van der Waals surface area contributed by atoms with Gasteiger partial charge in [-0.25, -0.2) is 9.18 Å². The number of aliphatic hydroxyl groups is 1. The van der Waals surface area contributed by atoms with Crippen LogP contribution >= 0.6 is 0 Å². The van der Waals surface area contributed by atoms with Gasteiger partial charge in [0, 0.05) is 42.6 Å². The second-order valence-electron chi connectivity index (χ2n) is 10.6. The molecule has 1 aromatic heterocycles. The highest BCUT2D eigenvalue weighted by Crippen LogP contribution is 2.38. The Bertz CT molecular complexity index is 1590. The summed E-state index contributed by atoms with van der Waals surface area (Å²) in [5, 5.41) is 14.6. The van der Waals surface area contributed by atoms with Crippen LogP contribution in [0.1, 0.15) is 18.4 Å². The highest BCUT2D eigenvalue weighted by molar-refractivity contribution is 6.01. The number of hydrogen-bond donors (Lipinski definition) is 3. The van der Waals surface area contributed by atoms with Crippen LogP contribution in [0, 0.1) is 11.7 Å². The molecule has 3 amide bonds. The molecule has 1 aliphatic heterocycles. The molecule has 0 unspecified atom stereocenters. The van der Waals surface area contributed by atoms with Gasteiger partial charge < -0.3 is 24.6 Å². The smallest absolute Gasteiger partial charge is 0.325 e. The number of halogens is 1. The van der Waals surface area contributed by atoms with Crippen LogP contribution in [0.15, 0.2) is 72.9 Å². The Kier molecular flexibility index (Phi) is 10.2. The first kappa shape index (κ1) is 30.7. The Morgan fingerprint density at radius 3 is 2.52 bits per heavy atom. The highest BCUT2D eigenvalue weighted by Gasteiger charge is 2.19. The number of anilines is 1. The summed E-state index contributed by atoms with van der Waals surface area (Å²) in [4.78, 5) is 31.2. The molecule has 0 atom stereocenters. The summed E-state index contributed by atoms with van der Waals surface area (Å²) in [6.45, 7) is 3.32. The van der Waals surface area contributed by atoms with Gasteiger partial charge in [0.1, 0.15) is 12.4 Å². The molecule has 1 saturated heterocycles. The Balaban J connectivity index is 1.21. The number of urea groups is 1. The van der Waals surface area contributed by atoms with E-state index in [-0.39, 0.29) is 24.5 Å². The molecule has 1 fully saturated rings. The third kappa shape index (κ3) is 8.00. The fourth-order valence-corrected chi connectivity index (χ4v) is 5.06. The number of carbonyl (C=O) groups is 2. The summed E-state index contributed by atoms with van der Waals surface area (Å²) in [5.41, 5.74) is 1.50. The van der Waals surface area contributed by atoms with Crippen molar-refractivity contribution in [1.29, 1.82) is 0 Å². The first-order valence-electron chi connectivity index (χ1n) is 14.5. The second-order valence-corrected chi connectivity index (χ2v) is 10.6. The largest absolute Gasteiger partial charge is 0.493 e. The number of hydrogen-bond acceptors (Lipinski definition) is 8. The average molecular weight is 603 g/mol. The molecular formula is C33H35FN4O6. The molecule has 4 aromatic rings. The predicted molar refractivity (Wildman–Crippen MR) is 164 cm³/mol. The van der Waals surface area contributed by atoms with E-state index in [9.17, 15) is 14.7 Å². The zero-order chi connectivity index (χ0) is 30.9. The van der Waals surface area contributed by atoms with Crippen LogP contribution in [0.5, 0.6) is 23.0 Å². The first-order valence-corrected chi connectivity index (χ1v) is 14.5. The molecule has 0 aliphatic carbocycles. The number of likely N-dealkylation sites (tertiary alicyclic amines) is 1. The fourth-order valence-electron chi connectivity index (χ4n) is 5.06. The van der Waals surface area contributed by atoms with Gasteiger partial charge in [0.25, 0.3) is 0 Å². The summed E-state index contributed by atoms with van der Waals surface area (Å²) in [6, 6.07) is 17.3. The lowest BCUT2D eigenvalue weighted by Gasteiger charge is -2.30. The van der Waals surface area contributed by atoms with Crippen molar-refractivity contribution in [1.82, 2.24) is 15.2 Å². The number of rotatable bonds is 11. The van der Waals surface area contributed by atoms with Crippen LogP contribution < -0.4 is 24.8 Å². The number of nitrogens with one attached hydrogen (secondary N) is 2. The molecule has 3 aromatic carbocycles. The molecule has 1 aliphatic rings. The Morgan fingerprint density at radius 1 is 1.00 bits per heavy atom. The minimum atomic E-state index is -0.768. The number of piperidine rings is 1. The summed E-state index contributed by atoms with van der Waals surface area (Å²) in [7, 11) is 1.54. The van der Waals surface area contributed by atoms with Crippen LogP contribution in [-0.4, -0.2) is 66.9 Å². The second kappa shape index (κ2) is 14.6. The number of aromatic nitrogens is 1. The first-order chi connectivity index (χ1) is 21.4. The van der Waals surface area contributed by atoms with Gasteiger partial charge >= 0.3 is 6.03 Å². The maximum Gasteiger partial charge on any atom is 0.325 e. The molecule has 3 N–H and O–H groups in total. The van der Waals surface area contributed by atoms with Crippen molar-refractivity contribution >= 4 is 28.5 Å². The maximum atomic E-state index is 15.0. The van der Waals surface area contributed by atoms with Crippen molar-refractivity contribution in [3.63, 3.8) is 0 Å². The molecule has 0 radical (unpaired) electrons. The van der Waals surface area contributed by atoms with Crippen LogP contribution in [-0.2, 0) is 11.2 Å². The SMILES string of the molecule is COc1cc2c(Oc3ccc(NC(=O)NC(=O)Cc4ccccc4)cc3F)ccnc2cc1OCCN1CCC(CO)CC1. The third-order valence-electron chi connectivity index (χ3n) is 7.49. The van der Waals surface area contributed by atoms with Crippen LogP contribution in [0.4, 0.5) is 14.9 Å². The molecule has 0 spiro atoms. The fraction of sp³-hybridized carbons (Fsp3) is 0.303. The molecule has 0 bridgehead atoms. The number of pyridine rings is 1. The minimum Gasteiger partial charge on any atom is -0.493 e. The van der Waals surface area contributed by atoms with E-state index < -0.39 is 17.8 Å². The van der Waals surface area contributed by atoms with Gasteiger partial charge in [-0.15, -0.1) is 0 Å². The molecule has 230 valence electrons. The number of fused-ring (bicyclic) bond motifs is 1. The van der Waals surface area contributed by atoms with E-state index in [1.165, 1.54) is 12.1 Å². The van der Waals surface area contributed by atoms with E-state index in [0.29, 0.717) is 40.7 Å². The van der Waals surface area contributed by atoms with Gasteiger partial charge in [0.15, 0.2) is 23.1 Å². The van der Waals surface area contributed by atoms with Gasteiger partial charge in [-0.05, 0) is 61.7 Å². The van der Waals surface area contributed by atoms with E-state index in [2.05, 4.69) is 20.5 Å². The van der Waals surface area contributed by atoms with E-state index >= 15 is 4.39 Å². The molecule has 0 saturated carbocycles. The highest BCUT2D eigenvalue weighted by atomic mass is 19.1. The quantitative estimate of drug-likeness (QED) is 0.216. The van der Waals surface area contributed by atoms with E-state index in [1.54, 1.807) is 55.8 Å². The zero-order valence-corrected chi connectivity index (χ0v) is 24.4. The number of carbonyl (C=O) groups excluding carboxylic acids is 2. The Labute approximate surface area is 254 Å². The summed E-state index contributed by atoms with van der Waals surface area (Å²) < 4.78 is 32.6. The number of nitrogens with zero attached hydrogens (tertiary/aromatic N) is 2.